The number of rotatable bonds is 2. The number of β-amino-alcohol motifs (C(OH)–C–C–N with tert-alkyl or cyclic N) is 2. The molecule has 0 saturated carbocycles. The average Bonchev–Trinajstić information content (AvgIpc) is 2.88. The highest BCUT2D eigenvalue weighted by Gasteiger charge is 2.27. The van der Waals surface area contributed by atoms with E-state index in [0.29, 0.717) is 25.9 Å². The molecule has 112 valence electrons. The molecule has 2 saturated heterocycles. The van der Waals surface area contributed by atoms with Crippen LogP contribution in [0.3, 0.4) is 0 Å². The van der Waals surface area contributed by atoms with Crippen molar-refractivity contribution in [1.29, 1.82) is 0 Å². The van der Waals surface area contributed by atoms with Crippen LogP contribution in [0, 0.1) is 0 Å². The van der Waals surface area contributed by atoms with Crippen molar-refractivity contribution in [1.82, 2.24) is 10.6 Å². The minimum Gasteiger partial charge on any atom is -0.480 e. The number of carboxylic acid groups (broad SMARTS) is 2. The normalized spacial score (nSPS) is 32.9. The number of hydrogen-bond acceptors (Lipinski definition) is 6. The fourth-order valence-electron chi connectivity index (χ4n) is 1.81. The van der Waals surface area contributed by atoms with Crippen molar-refractivity contribution in [2.45, 2.75) is 37.1 Å². The molecule has 8 nitrogen and oxygen atoms in total. The van der Waals surface area contributed by atoms with Gasteiger partial charge in [-0.25, -0.2) is 0 Å². The van der Waals surface area contributed by atoms with E-state index >= 15 is 0 Å². The Morgan fingerprint density at radius 1 is 0.842 bits per heavy atom. The largest absolute Gasteiger partial charge is 0.480 e. The van der Waals surface area contributed by atoms with Gasteiger partial charge < -0.3 is 31.1 Å². The van der Waals surface area contributed by atoms with Gasteiger partial charge in [-0.05, 0) is 0 Å². The average molecular weight is 299 g/mol. The van der Waals surface area contributed by atoms with Gasteiger partial charge in [-0.1, -0.05) is 0 Å². The predicted octanol–water partition coefficient (Wildman–Crippen LogP) is -1.99. The van der Waals surface area contributed by atoms with E-state index < -0.39 is 36.2 Å². The van der Waals surface area contributed by atoms with Crippen LogP contribution in [0.4, 0.5) is 0 Å². The Morgan fingerprint density at radius 2 is 1.16 bits per heavy atom. The quantitative estimate of drug-likeness (QED) is 0.344. The fourth-order valence-corrected chi connectivity index (χ4v) is 1.81. The summed E-state index contributed by atoms with van der Waals surface area (Å²) in [6.07, 6.45) is -0.304. The summed E-state index contributed by atoms with van der Waals surface area (Å²) in [6.45, 7) is 0.800. The Kier molecular flexibility index (Phi) is 7.88. The summed E-state index contributed by atoms with van der Waals surface area (Å²) in [6, 6.07) is -1.08. The third-order valence-corrected chi connectivity index (χ3v) is 2.81. The maximum atomic E-state index is 10.2. The molecule has 0 radical (unpaired) electrons. The second kappa shape index (κ2) is 8.28. The van der Waals surface area contributed by atoms with Gasteiger partial charge in [0.2, 0.25) is 0 Å². The number of aliphatic carboxylic acids is 2. The van der Waals surface area contributed by atoms with Crippen LogP contribution in [0.1, 0.15) is 12.8 Å². The number of aliphatic hydroxyl groups is 2. The molecule has 19 heavy (non-hydrogen) atoms. The first-order valence-corrected chi connectivity index (χ1v) is 5.68. The molecule has 2 aliphatic rings. The summed E-state index contributed by atoms with van der Waals surface area (Å²) in [5.41, 5.74) is 0. The topological polar surface area (TPSA) is 139 Å². The van der Waals surface area contributed by atoms with E-state index in [-0.39, 0.29) is 12.4 Å². The van der Waals surface area contributed by atoms with Crippen LogP contribution in [0.15, 0.2) is 0 Å². The highest BCUT2D eigenvalue weighted by Crippen LogP contribution is 2.05. The van der Waals surface area contributed by atoms with Gasteiger partial charge in [0, 0.05) is 25.9 Å². The lowest BCUT2D eigenvalue weighted by atomic mass is 10.2. The number of carbonyl (C=O) groups is 2. The summed E-state index contributed by atoms with van der Waals surface area (Å²) in [5.74, 6) is -1.77. The smallest absolute Gasteiger partial charge is 0.320 e. The molecule has 2 heterocycles. The summed E-state index contributed by atoms with van der Waals surface area (Å²) in [4.78, 5) is 20.3. The van der Waals surface area contributed by atoms with Gasteiger partial charge in [0.15, 0.2) is 0 Å². The van der Waals surface area contributed by atoms with Crippen molar-refractivity contribution in [3.8, 4) is 0 Å². The van der Waals surface area contributed by atoms with Gasteiger partial charge >= 0.3 is 11.9 Å². The first-order chi connectivity index (χ1) is 8.40. The number of carboxylic acids is 2. The zero-order valence-corrected chi connectivity index (χ0v) is 11.0. The van der Waals surface area contributed by atoms with Crippen molar-refractivity contribution in [3.63, 3.8) is 0 Å². The Hall–Kier alpha value is -0.930. The van der Waals surface area contributed by atoms with Crippen molar-refractivity contribution >= 4 is 24.3 Å². The third-order valence-electron chi connectivity index (χ3n) is 2.81. The molecule has 2 fully saturated rings. The minimum atomic E-state index is -0.883. The van der Waals surface area contributed by atoms with Crippen LogP contribution in [0.5, 0.6) is 0 Å². The van der Waals surface area contributed by atoms with Gasteiger partial charge in [-0.3, -0.25) is 9.59 Å². The highest BCUT2D eigenvalue weighted by molar-refractivity contribution is 5.85. The SMILES string of the molecule is Cl.O=C(O)[C@@H]1C[C@@H](O)CN1.O=C(O)[C@@H]1C[C@@H](O)CN1. The predicted molar refractivity (Wildman–Crippen MR) is 67.3 cm³/mol. The monoisotopic (exact) mass is 298 g/mol. The molecule has 4 atom stereocenters. The zero-order valence-electron chi connectivity index (χ0n) is 10.2. The summed E-state index contributed by atoms with van der Waals surface area (Å²) < 4.78 is 0. The van der Waals surface area contributed by atoms with Gasteiger partial charge in [0.25, 0.3) is 0 Å². The molecular weight excluding hydrogens is 280 g/mol. The van der Waals surface area contributed by atoms with Crippen LogP contribution in [-0.2, 0) is 9.59 Å². The summed E-state index contributed by atoms with van der Waals surface area (Å²) in [5, 5.41) is 39.7. The highest BCUT2D eigenvalue weighted by atomic mass is 35.5. The van der Waals surface area contributed by atoms with E-state index in [4.69, 9.17) is 20.4 Å². The molecular formula is C10H19ClN2O6. The molecule has 0 aromatic heterocycles. The fraction of sp³-hybridized carbons (Fsp3) is 0.800. The number of halogens is 1. The number of aliphatic hydroxyl groups excluding tert-OH is 2. The Morgan fingerprint density at radius 3 is 1.26 bits per heavy atom. The molecule has 6 N–H and O–H groups in total. The van der Waals surface area contributed by atoms with Gasteiger partial charge in [0.05, 0.1) is 12.2 Å². The van der Waals surface area contributed by atoms with Gasteiger partial charge in [0.1, 0.15) is 12.1 Å². The molecule has 0 bridgehead atoms. The number of hydrogen-bond donors (Lipinski definition) is 6. The van der Waals surface area contributed by atoms with E-state index in [0.717, 1.165) is 0 Å². The molecule has 2 rings (SSSR count). The second-order valence-electron chi connectivity index (χ2n) is 4.38. The molecule has 0 unspecified atom stereocenters. The van der Waals surface area contributed by atoms with Crippen LogP contribution in [0.2, 0.25) is 0 Å². The molecule has 0 amide bonds. The molecule has 0 aromatic carbocycles. The summed E-state index contributed by atoms with van der Waals surface area (Å²) >= 11 is 0. The van der Waals surface area contributed by atoms with Crippen LogP contribution in [-0.4, -0.2) is 69.7 Å². The van der Waals surface area contributed by atoms with Crippen molar-refractivity contribution in [2.24, 2.45) is 0 Å². The van der Waals surface area contributed by atoms with Gasteiger partial charge in [-0.15, -0.1) is 12.4 Å². The maximum absolute atomic E-state index is 10.2. The van der Waals surface area contributed by atoms with E-state index in [1.807, 2.05) is 0 Å². The first-order valence-electron chi connectivity index (χ1n) is 5.68. The van der Waals surface area contributed by atoms with Crippen LogP contribution in [0.25, 0.3) is 0 Å². The van der Waals surface area contributed by atoms with Crippen molar-refractivity contribution in [3.05, 3.63) is 0 Å². The minimum absolute atomic E-state index is 0. The van der Waals surface area contributed by atoms with E-state index in [1.54, 1.807) is 0 Å². The lowest BCUT2D eigenvalue weighted by molar-refractivity contribution is -0.140. The van der Waals surface area contributed by atoms with Crippen LogP contribution < -0.4 is 10.6 Å². The van der Waals surface area contributed by atoms with Crippen molar-refractivity contribution in [2.75, 3.05) is 13.1 Å². The zero-order chi connectivity index (χ0) is 13.7. The molecule has 0 aliphatic carbocycles. The van der Waals surface area contributed by atoms with E-state index in [2.05, 4.69) is 10.6 Å². The second-order valence-corrected chi connectivity index (χ2v) is 4.38. The van der Waals surface area contributed by atoms with E-state index in [9.17, 15) is 9.59 Å². The lowest BCUT2D eigenvalue weighted by Crippen LogP contribution is -2.29. The standard InChI is InChI=1S/2C5H9NO3.ClH/c2*7-3-1-4(5(8)9)6-2-3;/h2*3-4,6-7H,1-2H2,(H,8,9);1H/t2*3-,4+;/m11./s1. The first kappa shape index (κ1) is 18.1. The molecule has 0 aromatic rings. The Balaban J connectivity index is 0.000000324. The molecule has 0 spiro atoms. The summed E-state index contributed by atoms with van der Waals surface area (Å²) in [7, 11) is 0. The molecule has 9 heteroatoms. The lowest BCUT2D eigenvalue weighted by Gasteiger charge is -1.99. The Bertz CT molecular complexity index is 286. The van der Waals surface area contributed by atoms with E-state index in [1.165, 1.54) is 0 Å². The van der Waals surface area contributed by atoms with Gasteiger partial charge in [-0.2, -0.15) is 0 Å². The number of nitrogens with one attached hydrogen (secondary N) is 2. The molecule has 2 aliphatic heterocycles. The third kappa shape index (κ3) is 6.17. The van der Waals surface area contributed by atoms with Crippen LogP contribution >= 0.6 is 12.4 Å². The van der Waals surface area contributed by atoms with Crippen molar-refractivity contribution < 1.29 is 30.0 Å². The Labute approximate surface area is 116 Å². The maximum Gasteiger partial charge on any atom is 0.320 e.